The van der Waals surface area contributed by atoms with Gasteiger partial charge in [-0.3, -0.25) is 4.79 Å². The lowest BCUT2D eigenvalue weighted by atomic mass is 10.1. The number of fused-ring (bicyclic) bond motifs is 2. The summed E-state index contributed by atoms with van der Waals surface area (Å²) in [5.74, 6) is 0.837. The van der Waals surface area contributed by atoms with Gasteiger partial charge in [0.1, 0.15) is 11.0 Å². The number of carbonyl (C=O) groups excluding carboxylic acids is 1. The van der Waals surface area contributed by atoms with Crippen molar-refractivity contribution in [1.82, 2.24) is 24.6 Å². The van der Waals surface area contributed by atoms with Crippen molar-refractivity contribution in [2.24, 2.45) is 0 Å². The number of amides is 1. The zero-order valence-corrected chi connectivity index (χ0v) is 17.5. The summed E-state index contributed by atoms with van der Waals surface area (Å²) in [5.41, 5.74) is 1.80. The van der Waals surface area contributed by atoms with Crippen molar-refractivity contribution < 1.29 is 22.7 Å². The summed E-state index contributed by atoms with van der Waals surface area (Å²) in [5, 5.41) is 10.5. The van der Waals surface area contributed by atoms with Gasteiger partial charge in [-0.05, 0) is 30.3 Å². The normalized spacial score (nSPS) is 17.5. The Bertz CT molecular complexity index is 1230. The van der Waals surface area contributed by atoms with E-state index in [0.717, 1.165) is 6.42 Å². The molecule has 1 aromatic heterocycles. The van der Waals surface area contributed by atoms with E-state index in [9.17, 15) is 13.2 Å². The number of hydrogen-bond acceptors (Lipinski definition) is 7. The number of sulfonamides is 1. The van der Waals surface area contributed by atoms with Crippen molar-refractivity contribution >= 4 is 27.0 Å². The molecule has 0 bridgehead atoms. The molecule has 11 heteroatoms. The number of nitrogens with one attached hydrogen (secondary N) is 1. The number of carbonyl (C=O) groups is 1. The lowest BCUT2D eigenvalue weighted by Gasteiger charge is -2.34. The van der Waals surface area contributed by atoms with Gasteiger partial charge in [0.05, 0.1) is 18.1 Å². The average Bonchev–Trinajstić information content (AvgIpc) is 3.14. The van der Waals surface area contributed by atoms with E-state index in [0.29, 0.717) is 54.4 Å². The van der Waals surface area contributed by atoms with Gasteiger partial charge in [0.2, 0.25) is 10.0 Å². The maximum Gasteiger partial charge on any atom is 0.254 e. The van der Waals surface area contributed by atoms with Crippen LogP contribution in [-0.2, 0) is 10.0 Å². The highest BCUT2D eigenvalue weighted by atomic mass is 32.2. The van der Waals surface area contributed by atoms with Gasteiger partial charge in [0, 0.05) is 44.2 Å². The summed E-state index contributed by atoms with van der Waals surface area (Å²) in [6.45, 7) is 2.07. The molecule has 1 amide bonds. The molecule has 5 rings (SSSR count). The molecule has 31 heavy (non-hydrogen) atoms. The lowest BCUT2D eigenvalue weighted by molar-refractivity contribution is 0.0698. The topological polar surface area (TPSA) is 118 Å². The van der Waals surface area contributed by atoms with Crippen LogP contribution in [-0.4, -0.2) is 78.3 Å². The summed E-state index contributed by atoms with van der Waals surface area (Å²) in [7, 11) is -3.71. The van der Waals surface area contributed by atoms with Crippen molar-refractivity contribution in [1.29, 1.82) is 0 Å². The molecule has 162 valence electrons. The number of nitrogens with zero attached hydrogens (tertiary/aromatic N) is 4. The van der Waals surface area contributed by atoms with E-state index in [-0.39, 0.29) is 23.9 Å². The van der Waals surface area contributed by atoms with Crippen molar-refractivity contribution in [3.63, 3.8) is 0 Å². The second-order valence-electron chi connectivity index (χ2n) is 7.38. The van der Waals surface area contributed by atoms with Crippen molar-refractivity contribution in [2.75, 3.05) is 39.4 Å². The van der Waals surface area contributed by atoms with Crippen LogP contribution in [0.15, 0.2) is 41.3 Å². The molecule has 0 spiro atoms. The van der Waals surface area contributed by atoms with Crippen LogP contribution in [0, 0.1) is 0 Å². The first-order chi connectivity index (χ1) is 15.0. The van der Waals surface area contributed by atoms with Crippen LogP contribution < -0.4 is 9.47 Å². The summed E-state index contributed by atoms with van der Waals surface area (Å²) in [6.07, 6.45) is 0.746. The number of aromatic amines is 1. The quantitative estimate of drug-likeness (QED) is 0.648. The highest BCUT2D eigenvalue weighted by Gasteiger charge is 2.31. The minimum Gasteiger partial charge on any atom is -0.490 e. The van der Waals surface area contributed by atoms with Crippen LogP contribution in [0.1, 0.15) is 16.8 Å². The molecule has 1 fully saturated rings. The third kappa shape index (κ3) is 3.70. The molecule has 1 saturated heterocycles. The fourth-order valence-corrected chi connectivity index (χ4v) is 5.18. The minimum atomic E-state index is -3.71. The Morgan fingerprint density at radius 1 is 0.903 bits per heavy atom. The molecule has 0 atom stereocenters. The first-order valence-corrected chi connectivity index (χ1v) is 11.5. The zero-order valence-electron chi connectivity index (χ0n) is 16.7. The monoisotopic (exact) mass is 443 g/mol. The SMILES string of the molecule is O=C(c1ccc2n[nH]nc2c1)N1CCN(S(=O)(=O)c2ccc3c(c2)OCCCO3)CC1. The second-order valence-corrected chi connectivity index (χ2v) is 9.32. The van der Waals surface area contributed by atoms with Crippen LogP contribution in [0.2, 0.25) is 0 Å². The second kappa shape index (κ2) is 7.82. The van der Waals surface area contributed by atoms with Crippen molar-refractivity contribution in [2.45, 2.75) is 11.3 Å². The maximum absolute atomic E-state index is 13.1. The third-order valence-electron chi connectivity index (χ3n) is 5.45. The molecule has 3 heterocycles. The zero-order chi connectivity index (χ0) is 21.4. The Morgan fingerprint density at radius 2 is 1.65 bits per heavy atom. The highest BCUT2D eigenvalue weighted by Crippen LogP contribution is 2.33. The Labute approximate surface area is 178 Å². The molecule has 0 aliphatic carbocycles. The Morgan fingerprint density at radius 3 is 2.45 bits per heavy atom. The van der Waals surface area contributed by atoms with Gasteiger partial charge in [0.25, 0.3) is 5.91 Å². The van der Waals surface area contributed by atoms with Crippen molar-refractivity contribution in [3.05, 3.63) is 42.0 Å². The molecule has 2 aromatic carbocycles. The van der Waals surface area contributed by atoms with Gasteiger partial charge < -0.3 is 14.4 Å². The Kier molecular flexibility index (Phi) is 4.98. The summed E-state index contributed by atoms with van der Waals surface area (Å²) < 4.78 is 38.9. The summed E-state index contributed by atoms with van der Waals surface area (Å²) >= 11 is 0. The summed E-state index contributed by atoms with van der Waals surface area (Å²) in [6, 6.07) is 9.80. The lowest BCUT2D eigenvalue weighted by Crippen LogP contribution is -2.50. The van der Waals surface area contributed by atoms with E-state index in [1.54, 1.807) is 29.2 Å². The predicted molar refractivity (Wildman–Crippen MR) is 111 cm³/mol. The van der Waals surface area contributed by atoms with Crippen LogP contribution in [0.4, 0.5) is 0 Å². The number of aromatic nitrogens is 3. The van der Waals surface area contributed by atoms with Gasteiger partial charge in [-0.15, -0.1) is 0 Å². The van der Waals surface area contributed by atoms with E-state index in [1.165, 1.54) is 16.4 Å². The van der Waals surface area contributed by atoms with E-state index >= 15 is 0 Å². The third-order valence-corrected chi connectivity index (χ3v) is 7.34. The van der Waals surface area contributed by atoms with Gasteiger partial charge >= 0.3 is 0 Å². The number of ether oxygens (including phenoxy) is 2. The average molecular weight is 443 g/mol. The highest BCUT2D eigenvalue weighted by molar-refractivity contribution is 7.89. The molecular weight excluding hydrogens is 422 g/mol. The number of piperazine rings is 1. The van der Waals surface area contributed by atoms with Gasteiger partial charge in [-0.2, -0.15) is 19.7 Å². The van der Waals surface area contributed by atoms with Crippen LogP contribution in [0.5, 0.6) is 11.5 Å². The number of hydrogen-bond donors (Lipinski definition) is 1. The van der Waals surface area contributed by atoms with Crippen molar-refractivity contribution in [3.8, 4) is 11.5 Å². The number of benzene rings is 2. The largest absolute Gasteiger partial charge is 0.490 e. The predicted octanol–water partition coefficient (Wildman–Crippen LogP) is 1.27. The smallest absolute Gasteiger partial charge is 0.254 e. The standard InChI is InChI=1S/C20H21N5O5S/c26-20(14-2-4-16-17(12-14)22-23-21-16)24-6-8-25(9-7-24)31(27,28)15-3-5-18-19(13-15)30-11-1-10-29-18/h2-5,12-13H,1,6-11H2,(H,21,22,23). The molecule has 2 aliphatic heterocycles. The molecular formula is C20H21N5O5S. The van der Waals surface area contributed by atoms with Gasteiger partial charge in [-0.1, -0.05) is 0 Å². The van der Waals surface area contributed by atoms with E-state index in [4.69, 9.17) is 9.47 Å². The van der Waals surface area contributed by atoms with Crippen LogP contribution in [0.3, 0.4) is 0 Å². The van der Waals surface area contributed by atoms with Gasteiger partial charge in [-0.25, -0.2) is 8.42 Å². The molecule has 0 radical (unpaired) electrons. The first-order valence-electron chi connectivity index (χ1n) is 10.0. The number of rotatable bonds is 3. The molecule has 3 aromatic rings. The molecule has 10 nitrogen and oxygen atoms in total. The van der Waals surface area contributed by atoms with Gasteiger partial charge in [0.15, 0.2) is 11.5 Å². The van der Waals surface area contributed by atoms with Crippen LogP contribution in [0.25, 0.3) is 11.0 Å². The Balaban J connectivity index is 1.29. The molecule has 1 N–H and O–H groups in total. The fourth-order valence-electron chi connectivity index (χ4n) is 3.74. The maximum atomic E-state index is 13.1. The molecule has 0 unspecified atom stereocenters. The van der Waals surface area contributed by atoms with E-state index < -0.39 is 10.0 Å². The van der Waals surface area contributed by atoms with E-state index in [2.05, 4.69) is 15.4 Å². The fraction of sp³-hybridized carbons (Fsp3) is 0.350. The minimum absolute atomic E-state index is 0.155. The van der Waals surface area contributed by atoms with Crippen LogP contribution >= 0.6 is 0 Å². The molecule has 0 saturated carbocycles. The first kappa shape index (κ1) is 19.8. The molecule has 2 aliphatic rings. The van der Waals surface area contributed by atoms with E-state index in [1.807, 2.05) is 0 Å². The summed E-state index contributed by atoms with van der Waals surface area (Å²) in [4.78, 5) is 14.7. The number of H-pyrrole nitrogens is 1. The Hall–Kier alpha value is -3.18.